The topological polar surface area (TPSA) is 84.4 Å². The number of rotatable bonds is 7. The Balaban J connectivity index is 1.88. The second kappa shape index (κ2) is 9.00. The number of amides is 2. The van der Waals surface area contributed by atoms with E-state index < -0.39 is 6.10 Å². The summed E-state index contributed by atoms with van der Waals surface area (Å²) in [7, 11) is 3.40. The number of thioether (sulfide) groups is 1. The van der Waals surface area contributed by atoms with E-state index in [0.717, 1.165) is 5.56 Å². The first-order valence-electron chi connectivity index (χ1n) is 7.97. The van der Waals surface area contributed by atoms with Crippen molar-refractivity contribution in [1.82, 2.24) is 15.1 Å². The molecule has 26 heavy (non-hydrogen) atoms. The Kier molecular flexibility index (Phi) is 6.98. The van der Waals surface area contributed by atoms with Gasteiger partial charge in [-0.1, -0.05) is 29.2 Å². The first kappa shape index (κ1) is 20.2. The van der Waals surface area contributed by atoms with Crippen LogP contribution in [0.1, 0.15) is 18.1 Å². The van der Waals surface area contributed by atoms with Gasteiger partial charge in [-0.15, -0.1) is 10.2 Å². The van der Waals surface area contributed by atoms with Gasteiger partial charge in [0.25, 0.3) is 5.91 Å². The van der Waals surface area contributed by atoms with E-state index in [1.54, 1.807) is 21.0 Å². The summed E-state index contributed by atoms with van der Waals surface area (Å²) >= 11 is 2.52. The van der Waals surface area contributed by atoms with E-state index in [0.29, 0.717) is 15.2 Å². The summed E-state index contributed by atoms with van der Waals surface area (Å²) in [5.74, 6) is 0.611. The van der Waals surface area contributed by atoms with Gasteiger partial charge in [0.2, 0.25) is 11.0 Å². The number of anilines is 1. The van der Waals surface area contributed by atoms with Gasteiger partial charge >= 0.3 is 0 Å². The molecule has 0 fully saturated rings. The number of carbonyl (C=O) groups is 2. The zero-order valence-electron chi connectivity index (χ0n) is 15.4. The molecule has 1 aromatic heterocycles. The quantitative estimate of drug-likeness (QED) is 0.574. The van der Waals surface area contributed by atoms with Gasteiger partial charge < -0.3 is 9.64 Å². The number of hydrogen-bond acceptors (Lipinski definition) is 7. The normalized spacial score (nSPS) is 11.7. The number of nitrogens with one attached hydrogen (secondary N) is 1. The minimum absolute atomic E-state index is 0.00815. The summed E-state index contributed by atoms with van der Waals surface area (Å²) in [5.41, 5.74) is 2.27. The first-order valence-corrected chi connectivity index (χ1v) is 9.77. The lowest BCUT2D eigenvalue weighted by molar-refractivity contribution is -0.126. The minimum Gasteiger partial charge on any atom is -0.481 e. The highest BCUT2D eigenvalue weighted by molar-refractivity contribution is 8.01. The third-order valence-electron chi connectivity index (χ3n) is 3.61. The van der Waals surface area contributed by atoms with E-state index in [9.17, 15) is 9.59 Å². The maximum absolute atomic E-state index is 12.3. The molecule has 2 aromatic rings. The molecular weight excluding hydrogens is 372 g/mol. The second-order valence-corrected chi connectivity index (χ2v) is 8.15. The zero-order chi connectivity index (χ0) is 19.3. The highest BCUT2D eigenvalue weighted by atomic mass is 32.2. The van der Waals surface area contributed by atoms with Crippen LogP contribution in [0.4, 0.5) is 5.13 Å². The van der Waals surface area contributed by atoms with Gasteiger partial charge in [0.15, 0.2) is 10.4 Å². The van der Waals surface area contributed by atoms with Gasteiger partial charge in [-0.25, -0.2) is 0 Å². The Hall–Kier alpha value is -2.13. The molecule has 0 saturated heterocycles. The SMILES string of the molecule is Cc1ccc(OC(C)C(=O)Nc2nnc(SCC(=O)N(C)C)s2)cc1C. The molecule has 1 N–H and O–H groups in total. The molecule has 0 aliphatic rings. The molecular formula is C17H22N4O3S2. The molecule has 140 valence electrons. The average Bonchev–Trinajstić information content (AvgIpc) is 3.03. The van der Waals surface area contributed by atoms with Gasteiger partial charge in [-0.05, 0) is 44.0 Å². The lowest BCUT2D eigenvalue weighted by atomic mass is 10.1. The molecule has 9 heteroatoms. The summed E-state index contributed by atoms with van der Waals surface area (Å²) in [6.45, 7) is 5.69. The lowest BCUT2D eigenvalue weighted by Crippen LogP contribution is -2.30. The molecule has 1 unspecified atom stereocenters. The minimum atomic E-state index is -0.674. The summed E-state index contributed by atoms with van der Waals surface area (Å²) < 4.78 is 6.31. The van der Waals surface area contributed by atoms with Crippen molar-refractivity contribution in [3.05, 3.63) is 29.3 Å². The number of ether oxygens (including phenoxy) is 1. The zero-order valence-corrected chi connectivity index (χ0v) is 17.0. The van der Waals surface area contributed by atoms with Gasteiger partial charge in [0.05, 0.1) is 5.75 Å². The van der Waals surface area contributed by atoms with Crippen molar-refractivity contribution >= 4 is 40.0 Å². The molecule has 0 saturated carbocycles. The van der Waals surface area contributed by atoms with Gasteiger partial charge in [0, 0.05) is 14.1 Å². The third-order valence-corrected chi connectivity index (χ3v) is 5.57. The van der Waals surface area contributed by atoms with Gasteiger partial charge in [-0.2, -0.15) is 0 Å². The number of hydrogen-bond donors (Lipinski definition) is 1. The Morgan fingerprint density at radius 1 is 1.27 bits per heavy atom. The van der Waals surface area contributed by atoms with E-state index in [1.165, 1.54) is 33.6 Å². The number of aromatic nitrogens is 2. The highest BCUT2D eigenvalue weighted by Gasteiger charge is 2.18. The monoisotopic (exact) mass is 394 g/mol. The molecule has 0 aliphatic heterocycles. The number of nitrogens with zero attached hydrogens (tertiary/aromatic N) is 3. The van der Waals surface area contributed by atoms with E-state index in [1.807, 2.05) is 32.0 Å². The van der Waals surface area contributed by atoms with E-state index >= 15 is 0 Å². The van der Waals surface area contributed by atoms with Crippen LogP contribution in [0.25, 0.3) is 0 Å². The standard InChI is InChI=1S/C17H22N4O3S2/c1-10-6-7-13(8-11(10)2)24-12(3)15(23)18-16-19-20-17(26-16)25-9-14(22)21(4)5/h6-8,12H,9H2,1-5H3,(H,18,19,23). The Morgan fingerprint density at radius 2 is 2.00 bits per heavy atom. The maximum atomic E-state index is 12.3. The van der Waals surface area contributed by atoms with Crippen molar-refractivity contribution in [3.63, 3.8) is 0 Å². The Bertz CT molecular complexity index is 792. The molecule has 2 amide bonds. The smallest absolute Gasteiger partial charge is 0.266 e. The fourth-order valence-corrected chi connectivity index (χ4v) is 3.56. The van der Waals surface area contributed by atoms with Crippen LogP contribution in [0.3, 0.4) is 0 Å². The highest BCUT2D eigenvalue weighted by Crippen LogP contribution is 2.26. The van der Waals surface area contributed by atoms with E-state index in [-0.39, 0.29) is 17.6 Å². The summed E-state index contributed by atoms with van der Waals surface area (Å²) in [6, 6.07) is 5.70. The lowest BCUT2D eigenvalue weighted by Gasteiger charge is -2.14. The summed E-state index contributed by atoms with van der Waals surface area (Å²) in [5, 5.41) is 11.0. The molecule has 1 atom stereocenters. The van der Waals surface area contributed by atoms with Crippen molar-refractivity contribution in [1.29, 1.82) is 0 Å². The summed E-state index contributed by atoms with van der Waals surface area (Å²) in [6.07, 6.45) is -0.674. The van der Waals surface area contributed by atoms with Crippen molar-refractivity contribution < 1.29 is 14.3 Å². The van der Waals surface area contributed by atoms with Crippen LogP contribution >= 0.6 is 23.1 Å². The van der Waals surface area contributed by atoms with Crippen LogP contribution in [0.15, 0.2) is 22.5 Å². The molecule has 0 radical (unpaired) electrons. The maximum Gasteiger partial charge on any atom is 0.266 e. The Morgan fingerprint density at radius 3 is 2.65 bits per heavy atom. The van der Waals surface area contributed by atoms with Crippen LogP contribution in [0.2, 0.25) is 0 Å². The molecule has 1 aromatic carbocycles. The van der Waals surface area contributed by atoms with Crippen LogP contribution in [0, 0.1) is 13.8 Å². The van der Waals surface area contributed by atoms with E-state index in [4.69, 9.17) is 4.74 Å². The molecule has 0 bridgehead atoms. The van der Waals surface area contributed by atoms with Crippen molar-refractivity contribution in [2.75, 3.05) is 25.2 Å². The molecule has 7 nitrogen and oxygen atoms in total. The largest absolute Gasteiger partial charge is 0.481 e. The van der Waals surface area contributed by atoms with Crippen molar-refractivity contribution in [3.8, 4) is 5.75 Å². The van der Waals surface area contributed by atoms with Crippen LogP contribution in [-0.2, 0) is 9.59 Å². The van der Waals surface area contributed by atoms with Crippen LogP contribution in [-0.4, -0.2) is 52.9 Å². The fraction of sp³-hybridized carbons (Fsp3) is 0.412. The van der Waals surface area contributed by atoms with Gasteiger partial charge in [-0.3, -0.25) is 14.9 Å². The number of benzene rings is 1. The second-order valence-electron chi connectivity index (χ2n) is 5.95. The fourth-order valence-electron chi connectivity index (χ4n) is 1.82. The van der Waals surface area contributed by atoms with Crippen LogP contribution in [0.5, 0.6) is 5.75 Å². The van der Waals surface area contributed by atoms with Crippen molar-refractivity contribution in [2.24, 2.45) is 0 Å². The number of aryl methyl sites for hydroxylation is 2. The molecule has 0 spiro atoms. The average molecular weight is 395 g/mol. The number of carbonyl (C=O) groups excluding carboxylic acids is 2. The Labute approximate surface area is 161 Å². The van der Waals surface area contributed by atoms with Crippen molar-refractivity contribution in [2.45, 2.75) is 31.2 Å². The third kappa shape index (κ3) is 5.70. The molecule has 2 rings (SSSR count). The predicted molar refractivity (Wildman–Crippen MR) is 104 cm³/mol. The molecule has 1 heterocycles. The van der Waals surface area contributed by atoms with Gasteiger partial charge in [0.1, 0.15) is 5.75 Å². The summed E-state index contributed by atoms with van der Waals surface area (Å²) in [4.78, 5) is 25.4. The molecule has 0 aliphatic carbocycles. The van der Waals surface area contributed by atoms with Crippen LogP contribution < -0.4 is 10.1 Å². The van der Waals surface area contributed by atoms with E-state index in [2.05, 4.69) is 15.5 Å². The first-order chi connectivity index (χ1) is 12.3. The predicted octanol–water partition coefficient (Wildman–Crippen LogP) is 2.74.